The highest BCUT2D eigenvalue weighted by Crippen LogP contribution is 2.33. The van der Waals surface area contributed by atoms with E-state index in [1.807, 2.05) is 31.2 Å². The third-order valence-electron chi connectivity index (χ3n) is 2.84. The van der Waals surface area contributed by atoms with E-state index in [1.165, 1.54) is 4.88 Å². The SMILES string of the molecule is CCNc1nc(Oc2ccc(Br)cc2)c2cc(C)sc2n1. The van der Waals surface area contributed by atoms with Crippen molar-refractivity contribution >= 4 is 43.4 Å². The lowest BCUT2D eigenvalue weighted by Crippen LogP contribution is -2.02. The molecule has 0 atom stereocenters. The lowest BCUT2D eigenvalue weighted by atomic mass is 10.3. The van der Waals surface area contributed by atoms with E-state index < -0.39 is 0 Å². The molecule has 6 heteroatoms. The van der Waals surface area contributed by atoms with Gasteiger partial charge in [0.2, 0.25) is 11.8 Å². The van der Waals surface area contributed by atoms with Crippen molar-refractivity contribution in [2.75, 3.05) is 11.9 Å². The standard InChI is InChI=1S/C15H14BrN3OS/c1-3-17-15-18-13(12-8-9(2)21-14(12)19-15)20-11-6-4-10(16)5-7-11/h4-8H,3H2,1-2H3,(H,17,18,19). The summed E-state index contributed by atoms with van der Waals surface area (Å²) in [6.07, 6.45) is 0. The van der Waals surface area contributed by atoms with Crippen molar-refractivity contribution in [3.63, 3.8) is 0 Å². The van der Waals surface area contributed by atoms with Crippen molar-refractivity contribution in [3.8, 4) is 11.6 Å². The Hall–Kier alpha value is -1.66. The van der Waals surface area contributed by atoms with Crippen LogP contribution in [-0.2, 0) is 0 Å². The number of hydrogen-bond donors (Lipinski definition) is 1. The third-order valence-corrected chi connectivity index (χ3v) is 4.32. The van der Waals surface area contributed by atoms with Gasteiger partial charge >= 0.3 is 0 Å². The minimum atomic E-state index is 0.586. The molecule has 0 spiro atoms. The summed E-state index contributed by atoms with van der Waals surface area (Å²) in [5.74, 6) is 1.94. The topological polar surface area (TPSA) is 47.0 Å². The average Bonchev–Trinajstić information content (AvgIpc) is 2.82. The first-order chi connectivity index (χ1) is 10.2. The van der Waals surface area contributed by atoms with E-state index in [2.05, 4.69) is 44.2 Å². The Morgan fingerprint density at radius 3 is 2.71 bits per heavy atom. The van der Waals surface area contributed by atoms with Gasteiger partial charge in [0.25, 0.3) is 0 Å². The van der Waals surface area contributed by atoms with Crippen LogP contribution >= 0.6 is 27.3 Å². The van der Waals surface area contributed by atoms with Gasteiger partial charge in [0.05, 0.1) is 5.39 Å². The number of aromatic nitrogens is 2. The zero-order chi connectivity index (χ0) is 14.8. The first kappa shape index (κ1) is 14.3. The average molecular weight is 364 g/mol. The first-order valence-electron chi connectivity index (χ1n) is 6.61. The van der Waals surface area contributed by atoms with Crippen molar-refractivity contribution in [1.29, 1.82) is 0 Å². The number of aryl methyl sites for hydroxylation is 1. The summed E-state index contributed by atoms with van der Waals surface area (Å²) < 4.78 is 6.96. The monoisotopic (exact) mass is 363 g/mol. The summed E-state index contributed by atoms with van der Waals surface area (Å²) >= 11 is 5.06. The molecule has 3 rings (SSSR count). The maximum Gasteiger partial charge on any atom is 0.232 e. The van der Waals surface area contributed by atoms with Gasteiger partial charge in [-0.15, -0.1) is 11.3 Å². The Bertz CT molecular complexity index is 770. The molecule has 108 valence electrons. The lowest BCUT2D eigenvalue weighted by molar-refractivity contribution is 0.469. The summed E-state index contributed by atoms with van der Waals surface area (Å²) in [7, 11) is 0. The van der Waals surface area contributed by atoms with Gasteiger partial charge in [-0.3, -0.25) is 0 Å². The lowest BCUT2D eigenvalue weighted by Gasteiger charge is -2.08. The summed E-state index contributed by atoms with van der Waals surface area (Å²) in [4.78, 5) is 11.1. The van der Waals surface area contributed by atoms with Crippen LogP contribution in [0.5, 0.6) is 11.6 Å². The fraction of sp³-hybridized carbons (Fsp3) is 0.200. The molecule has 1 N–H and O–H groups in total. The van der Waals surface area contributed by atoms with Crippen LogP contribution in [0, 0.1) is 6.92 Å². The number of ether oxygens (including phenoxy) is 1. The van der Waals surface area contributed by atoms with E-state index in [9.17, 15) is 0 Å². The normalized spacial score (nSPS) is 10.8. The van der Waals surface area contributed by atoms with Gasteiger partial charge in [0.15, 0.2) is 0 Å². The maximum absolute atomic E-state index is 5.94. The molecule has 0 aliphatic rings. The second-order valence-corrected chi connectivity index (χ2v) is 6.67. The summed E-state index contributed by atoms with van der Waals surface area (Å²) in [6, 6.07) is 9.76. The van der Waals surface area contributed by atoms with Crippen LogP contribution in [-0.4, -0.2) is 16.5 Å². The van der Waals surface area contributed by atoms with Crippen LogP contribution < -0.4 is 10.1 Å². The molecule has 0 unspecified atom stereocenters. The van der Waals surface area contributed by atoms with E-state index in [1.54, 1.807) is 11.3 Å². The van der Waals surface area contributed by atoms with Gasteiger partial charge < -0.3 is 10.1 Å². The van der Waals surface area contributed by atoms with Gasteiger partial charge in [-0.1, -0.05) is 15.9 Å². The molecule has 0 bridgehead atoms. The van der Waals surface area contributed by atoms with Crippen molar-refractivity contribution in [2.24, 2.45) is 0 Å². The highest BCUT2D eigenvalue weighted by Gasteiger charge is 2.12. The zero-order valence-electron chi connectivity index (χ0n) is 11.7. The third kappa shape index (κ3) is 3.16. The molecular formula is C15H14BrN3OS. The number of benzene rings is 1. The number of halogens is 1. The van der Waals surface area contributed by atoms with E-state index in [0.29, 0.717) is 11.8 Å². The van der Waals surface area contributed by atoms with Crippen LogP contribution in [0.3, 0.4) is 0 Å². The molecule has 0 saturated carbocycles. The fourth-order valence-electron chi connectivity index (χ4n) is 1.95. The van der Waals surface area contributed by atoms with Gasteiger partial charge in [0.1, 0.15) is 10.6 Å². The van der Waals surface area contributed by atoms with Gasteiger partial charge in [0, 0.05) is 15.9 Å². The number of thiophene rings is 1. The van der Waals surface area contributed by atoms with E-state index in [0.717, 1.165) is 27.0 Å². The molecule has 1 aromatic carbocycles. The minimum Gasteiger partial charge on any atom is -0.438 e. The molecule has 0 aliphatic carbocycles. The fourth-order valence-corrected chi connectivity index (χ4v) is 3.08. The largest absolute Gasteiger partial charge is 0.438 e. The summed E-state index contributed by atoms with van der Waals surface area (Å²) in [5.41, 5.74) is 0. The van der Waals surface area contributed by atoms with Crippen molar-refractivity contribution < 1.29 is 4.74 Å². The summed E-state index contributed by atoms with van der Waals surface area (Å²) in [6.45, 7) is 4.85. The van der Waals surface area contributed by atoms with Crippen LogP contribution in [0.2, 0.25) is 0 Å². The molecule has 2 aromatic heterocycles. The molecule has 0 fully saturated rings. The quantitative estimate of drug-likeness (QED) is 0.709. The number of anilines is 1. The smallest absolute Gasteiger partial charge is 0.232 e. The molecule has 21 heavy (non-hydrogen) atoms. The Balaban J connectivity index is 2.04. The van der Waals surface area contributed by atoms with Crippen LogP contribution in [0.1, 0.15) is 11.8 Å². The van der Waals surface area contributed by atoms with Crippen LogP contribution in [0.25, 0.3) is 10.2 Å². The second-order valence-electron chi connectivity index (χ2n) is 4.51. The van der Waals surface area contributed by atoms with Gasteiger partial charge in [-0.25, -0.2) is 4.98 Å². The molecule has 2 heterocycles. The minimum absolute atomic E-state index is 0.586. The first-order valence-corrected chi connectivity index (χ1v) is 8.22. The Labute approximate surface area is 135 Å². The van der Waals surface area contributed by atoms with Crippen molar-refractivity contribution in [2.45, 2.75) is 13.8 Å². The number of hydrogen-bond acceptors (Lipinski definition) is 5. The van der Waals surface area contributed by atoms with Gasteiger partial charge in [-0.05, 0) is 44.2 Å². The predicted octanol–water partition coefficient (Wildman–Crippen LogP) is 4.99. The number of rotatable bonds is 4. The van der Waals surface area contributed by atoms with Crippen molar-refractivity contribution in [1.82, 2.24) is 9.97 Å². The van der Waals surface area contributed by atoms with Crippen LogP contribution in [0.4, 0.5) is 5.95 Å². The molecule has 4 nitrogen and oxygen atoms in total. The second kappa shape index (κ2) is 5.99. The van der Waals surface area contributed by atoms with E-state index >= 15 is 0 Å². The molecule has 0 saturated heterocycles. The predicted molar refractivity (Wildman–Crippen MR) is 90.5 cm³/mol. The Kier molecular flexibility index (Phi) is 4.07. The Morgan fingerprint density at radius 2 is 2.00 bits per heavy atom. The molecule has 0 radical (unpaired) electrons. The number of nitrogens with zero attached hydrogens (tertiary/aromatic N) is 2. The Morgan fingerprint density at radius 1 is 1.24 bits per heavy atom. The van der Waals surface area contributed by atoms with Crippen molar-refractivity contribution in [3.05, 3.63) is 39.7 Å². The molecular weight excluding hydrogens is 350 g/mol. The molecule has 0 amide bonds. The highest BCUT2D eigenvalue weighted by atomic mass is 79.9. The summed E-state index contributed by atoms with van der Waals surface area (Å²) in [5, 5.41) is 4.09. The zero-order valence-corrected chi connectivity index (χ0v) is 14.1. The van der Waals surface area contributed by atoms with E-state index in [-0.39, 0.29) is 0 Å². The van der Waals surface area contributed by atoms with E-state index in [4.69, 9.17) is 4.74 Å². The van der Waals surface area contributed by atoms with Crippen LogP contribution in [0.15, 0.2) is 34.8 Å². The van der Waals surface area contributed by atoms with Gasteiger partial charge in [-0.2, -0.15) is 4.98 Å². The molecule has 0 aliphatic heterocycles. The molecule has 3 aromatic rings. The maximum atomic E-state index is 5.94. The highest BCUT2D eigenvalue weighted by molar-refractivity contribution is 9.10. The number of nitrogens with one attached hydrogen (secondary N) is 1. The number of fused-ring (bicyclic) bond motifs is 1.